The third kappa shape index (κ3) is 3.95. The lowest BCUT2D eigenvalue weighted by molar-refractivity contribution is -0.134. The Morgan fingerprint density at radius 1 is 1.25 bits per heavy atom. The molecule has 8 heteroatoms. The molecule has 1 fully saturated rings. The van der Waals surface area contributed by atoms with Crippen LogP contribution in [-0.2, 0) is 15.1 Å². The van der Waals surface area contributed by atoms with Gasteiger partial charge in [-0.25, -0.2) is 9.79 Å². The molecule has 1 saturated carbocycles. The Labute approximate surface area is 184 Å². The van der Waals surface area contributed by atoms with E-state index in [1.54, 1.807) is 18.2 Å². The number of halogens is 2. The van der Waals surface area contributed by atoms with E-state index in [2.05, 4.69) is 32.4 Å². The fraction of sp³-hybridized carbons (Fsp3) is 0.250. The number of hydrogen-bond donors (Lipinski definition) is 2. The quantitative estimate of drug-likeness (QED) is 0.526. The SMILES string of the molecule is C=C1NC(N)=NC1(c1ccc(OC(F)F)cc1)c1cccc(C2CC(=CC(=O)OC)C2)c1. The van der Waals surface area contributed by atoms with Gasteiger partial charge in [0, 0.05) is 11.8 Å². The molecule has 0 saturated heterocycles. The summed E-state index contributed by atoms with van der Waals surface area (Å²) in [5.41, 5.74) is 9.27. The molecule has 3 N–H and O–H groups in total. The van der Waals surface area contributed by atoms with Crippen LogP contribution in [0.5, 0.6) is 5.75 Å². The minimum absolute atomic E-state index is 0.0561. The fourth-order valence-electron chi connectivity index (χ4n) is 4.21. The molecule has 0 radical (unpaired) electrons. The summed E-state index contributed by atoms with van der Waals surface area (Å²) in [4.78, 5) is 16.1. The standard InChI is InChI=1S/C24H23F2N3O3/c1-14-24(29-23(27)28-14,18-6-8-20(9-7-18)32-22(25)26)19-5-3-4-16(13-19)17-10-15(11-17)12-21(30)31-2/h3-9,12-13,17,22H,1,10-11H2,2H3,(H3,27,28,29). The zero-order chi connectivity index (χ0) is 22.9. The van der Waals surface area contributed by atoms with Crippen LogP contribution >= 0.6 is 0 Å². The summed E-state index contributed by atoms with van der Waals surface area (Å²) >= 11 is 0. The van der Waals surface area contributed by atoms with Gasteiger partial charge in [-0.05, 0) is 47.6 Å². The molecule has 0 spiro atoms. The van der Waals surface area contributed by atoms with Gasteiger partial charge in [0.1, 0.15) is 5.75 Å². The smallest absolute Gasteiger partial charge is 0.387 e. The molecule has 1 unspecified atom stereocenters. The number of aliphatic imine (C=N–C) groups is 1. The van der Waals surface area contributed by atoms with Gasteiger partial charge in [-0.15, -0.1) is 0 Å². The van der Waals surface area contributed by atoms with Gasteiger partial charge in [0.15, 0.2) is 11.5 Å². The van der Waals surface area contributed by atoms with Crippen molar-refractivity contribution >= 4 is 11.9 Å². The van der Waals surface area contributed by atoms with Crippen molar-refractivity contribution in [2.75, 3.05) is 7.11 Å². The number of benzene rings is 2. The number of nitrogens with zero attached hydrogens (tertiary/aromatic N) is 1. The van der Waals surface area contributed by atoms with Crippen molar-refractivity contribution in [1.29, 1.82) is 0 Å². The molecule has 2 aliphatic rings. The van der Waals surface area contributed by atoms with Crippen molar-refractivity contribution in [3.8, 4) is 5.75 Å². The Bertz CT molecular complexity index is 1100. The first kappa shape index (κ1) is 21.5. The van der Waals surface area contributed by atoms with Crippen LogP contribution in [0.3, 0.4) is 0 Å². The van der Waals surface area contributed by atoms with Gasteiger partial charge in [-0.1, -0.05) is 48.6 Å². The number of alkyl halides is 2. The summed E-state index contributed by atoms with van der Waals surface area (Å²) in [5.74, 6) is 0.207. The molecule has 6 nitrogen and oxygen atoms in total. The monoisotopic (exact) mass is 439 g/mol. The summed E-state index contributed by atoms with van der Waals surface area (Å²) in [6.45, 7) is 1.23. The highest BCUT2D eigenvalue weighted by Crippen LogP contribution is 2.45. The van der Waals surface area contributed by atoms with Crippen LogP contribution in [0.1, 0.15) is 35.4 Å². The molecule has 0 aromatic heterocycles. The summed E-state index contributed by atoms with van der Waals surface area (Å²) in [6.07, 6.45) is 3.09. The number of allylic oxidation sites excluding steroid dienone is 1. The maximum absolute atomic E-state index is 12.5. The van der Waals surface area contributed by atoms with Crippen molar-refractivity contribution < 1.29 is 23.0 Å². The zero-order valence-corrected chi connectivity index (χ0v) is 17.5. The summed E-state index contributed by atoms with van der Waals surface area (Å²) in [7, 11) is 1.36. The lowest BCUT2D eigenvalue weighted by Gasteiger charge is -2.32. The second-order valence-corrected chi connectivity index (χ2v) is 7.77. The van der Waals surface area contributed by atoms with Crippen molar-refractivity contribution in [2.45, 2.75) is 30.9 Å². The van der Waals surface area contributed by atoms with Crippen molar-refractivity contribution in [2.24, 2.45) is 10.7 Å². The highest BCUT2D eigenvalue weighted by atomic mass is 19.3. The molecule has 0 amide bonds. The largest absolute Gasteiger partial charge is 0.466 e. The highest BCUT2D eigenvalue weighted by Gasteiger charge is 2.42. The van der Waals surface area contributed by atoms with E-state index in [4.69, 9.17) is 5.73 Å². The van der Waals surface area contributed by atoms with Gasteiger partial charge >= 0.3 is 12.6 Å². The van der Waals surface area contributed by atoms with E-state index in [0.29, 0.717) is 11.3 Å². The molecular formula is C24H23F2N3O3. The van der Waals surface area contributed by atoms with Crippen LogP contribution in [0.4, 0.5) is 8.78 Å². The third-order valence-corrected chi connectivity index (χ3v) is 5.82. The number of hydrogen-bond acceptors (Lipinski definition) is 6. The number of guanidine groups is 1. The van der Waals surface area contributed by atoms with E-state index in [9.17, 15) is 13.6 Å². The molecule has 1 aliphatic heterocycles. The number of carbonyl (C=O) groups excluding carboxylic acids is 1. The minimum atomic E-state index is -2.90. The number of nitrogens with one attached hydrogen (secondary N) is 1. The summed E-state index contributed by atoms with van der Waals surface area (Å²) in [6, 6.07) is 14.3. The number of rotatable bonds is 6. The molecule has 2 aromatic rings. The lowest BCUT2D eigenvalue weighted by atomic mass is 9.73. The normalized spacial score (nSPS) is 22.1. The molecular weight excluding hydrogens is 416 g/mol. The van der Waals surface area contributed by atoms with Crippen LogP contribution < -0.4 is 15.8 Å². The zero-order valence-electron chi connectivity index (χ0n) is 17.5. The van der Waals surface area contributed by atoms with Crippen molar-refractivity contribution in [3.63, 3.8) is 0 Å². The second kappa shape index (κ2) is 8.45. The van der Waals surface area contributed by atoms with E-state index in [1.807, 2.05) is 18.2 Å². The average molecular weight is 439 g/mol. The second-order valence-electron chi connectivity index (χ2n) is 7.77. The number of esters is 1. The molecule has 1 aliphatic carbocycles. The third-order valence-electron chi connectivity index (χ3n) is 5.82. The molecule has 166 valence electrons. The highest BCUT2D eigenvalue weighted by molar-refractivity contribution is 5.85. The summed E-state index contributed by atoms with van der Waals surface area (Å²) < 4.78 is 34.2. The van der Waals surface area contributed by atoms with E-state index in [1.165, 1.54) is 19.2 Å². The maximum Gasteiger partial charge on any atom is 0.387 e. The predicted octanol–water partition coefficient (Wildman–Crippen LogP) is 3.94. The van der Waals surface area contributed by atoms with Crippen LogP contribution in [0.15, 0.2) is 77.4 Å². The molecule has 2 aromatic carbocycles. The van der Waals surface area contributed by atoms with Gasteiger partial charge in [0.05, 0.1) is 7.11 Å². The van der Waals surface area contributed by atoms with E-state index in [0.717, 1.165) is 29.5 Å². The molecule has 4 rings (SSSR count). The predicted molar refractivity (Wildman–Crippen MR) is 116 cm³/mol. The Morgan fingerprint density at radius 3 is 2.56 bits per heavy atom. The van der Waals surface area contributed by atoms with E-state index >= 15 is 0 Å². The fourth-order valence-corrected chi connectivity index (χ4v) is 4.21. The first-order chi connectivity index (χ1) is 15.3. The topological polar surface area (TPSA) is 85.9 Å². The Kier molecular flexibility index (Phi) is 5.69. The number of nitrogens with two attached hydrogens (primary N) is 1. The number of carbonyl (C=O) groups is 1. The maximum atomic E-state index is 12.5. The number of ether oxygens (including phenoxy) is 2. The Hall–Kier alpha value is -3.68. The molecule has 32 heavy (non-hydrogen) atoms. The first-order valence-corrected chi connectivity index (χ1v) is 10.1. The van der Waals surface area contributed by atoms with Gasteiger partial charge in [0.25, 0.3) is 0 Å². The van der Waals surface area contributed by atoms with Crippen LogP contribution in [0.2, 0.25) is 0 Å². The molecule has 0 bridgehead atoms. The lowest BCUT2D eigenvalue weighted by Crippen LogP contribution is -2.30. The number of methoxy groups -OCH3 is 1. The van der Waals surface area contributed by atoms with Crippen LogP contribution in [0.25, 0.3) is 0 Å². The molecule has 1 atom stereocenters. The molecule has 1 heterocycles. The average Bonchev–Trinajstić information content (AvgIpc) is 3.05. The van der Waals surface area contributed by atoms with E-state index < -0.39 is 12.2 Å². The summed E-state index contributed by atoms with van der Waals surface area (Å²) in [5, 5.41) is 2.98. The van der Waals surface area contributed by atoms with Gasteiger partial charge in [0.2, 0.25) is 0 Å². The van der Waals surface area contributed by atoms with Crippen LogP contribution in [-0.4, -0.2) is 25.7 Å². The van der Waals surface area contributed by atoms with Crippen molar-refractivity contribution in [3.05, 3.63) is 89.1 Å². The van der Waals surface area contributed by atoms with Crippen LogP contribution in [0, 0.1) is 0 Å². The Balaban J connectivity index is 1.67. The Morgan fingerprint density at radius 2 is 1.97 bits per heavy atom. The van der Waals surface area contributed by atoms with Crippen molar-refractivity contribution in [1.82, 2.24) is 5.32 Å². The first-order valence-electron chi connectivity index (χ1n) is 10.1. The minimum Gasteiger partial charge on any atom is -0.466 e. The van der Waals surface area contributed by atoms with Gasteiger partial charge in [-0.3, -0.25) is 0 Å². The van der Waals surface area contributed by atoms with E-state index in [-0.39, 0.29) is 23.6 Å². The van der Waals surface area contributed by atoms with Gasteiger partial charge in [-0.2, -0.15) is 8.78 Å². The van der Waals surface area contributed by atoms with Gasteiger partial charge < -0.3 is 20.5 Å².